The van der Waals surface area contributed by atoms with E-state index < -0.39 is 17.9 Å². The van der Waals surface area contributed by atoms with E-state index in [2.05, 4.69) is 5.32 Å². The highest BCUT2D eigenvalue weighted by atomic mass is 19.1. The van der Waals surface area contributed by atoms with E-state index in [0.717, 1.165) is 0 Å². The lowest BCUT2D eigenvalue weighted by Gasteiger charge is -2.18. The number of carboxylic acid groups (broad SMARTS) is 1. The van der Waals surface area contributed by atoms with Crippen LogP contribution in [0.25, 0.3) is 6.08 Å². The Bertz CT molecular complexity index is 1010. The number of carbonyl (C=O) groups is 3. The maximum atomic E-state index is 13.0. The van der Waals surface area contributed by atoms with Gasteiger partial charge < -0.3 is 19.9 Å². The van der Waals surface area contributed by atoms with Crippen LogP contribution in [0.15, 0.2) is 48.2 Å². The van der Waals surface area contributed by atoms with Gasteiger partial charge >= 0.3 is 5.97 Å². The Morgan fingerprint density at radius 3 is 2.53 bits per heavy atom. The number of aliphatic carboxylic acids is 1. The summed E-state index contributed by atoms with van der Waals surface area (Å²) in [5, 5.41) is 11.5. The summed E-state index contributed by atoms with van der Waals surface area (Å²) in [6, 6.07) is 9.11. The van der Waals surface area contributed by atoms with Gasteiger partial charge in [0.25, 0.3) is 5.91 Å². The number of rotatable bonds is 7. The van der Waals surface area contributed by atoms with Crippen LogP contribution in [0.3, 0.4) is 0 Å². The Morgan fingerprint density at radius 1 is 1.20 bits per heavy atom. The molecule has 0 aliphatic carbocycles. The van der Waals surface area contributed by atoms with Crippen LogP contribution < -0.4 is 14.8 Å². The van der Waals surface area contributed by atoms with Crippen LogP contribution in [-0.4, -0.2) is 35.4 Å². The van der Waals surface area contributed by atoms with Crippen molar-refractivity contribution in [2.75, 3.05) is 6.61 Å². The van der Waals surface area contributed by atoms with Crippen LogP contribution in [0, 0.1) is 11.7 Å². The van der Waals surface area contributed by atoms with E-state index in [9.17, 15) is 18.8 Å². The zero-order chi connectivity index (χ0) is 21.8. The normalized spacial score (nSPS) is 14.9. The monoisotopic (exact) mass is 413 g/mol. The molecule has 0 radical (unpaired) electrons. The maximum absolute atomic E-state index is 13.0. The molecule has 156 valence electrons. The molecule has 0 saturated carbocycles. The molecule has 1 aliphatic rings. The first-order valence-corrected chi connectivity index (χ1v) is 9.23. The van der Waals surface area contributed by atoms with Gasteiger partial charge in [-0.1, -0.05) is 26.0 Å². The number of ketones is 1. The van der Waals surface area contributed by atoms with Crippen molar-refractivity contribution < 1.29 is 33.4 Å². The van der Waals surface area contributed by atoms with Crippen LogP contribution in [0.4, 0.5) is 4.39 Å². The van der Waals surface area contributed by atoms with Crippen LogP contribution in [-0.2, 0) is 9.59 Å². The summed E-state index contributed by atoms with van der Waals surface area (Å²) in [7, 11) is 0. The summed E-state index contributed by atoms with van der Waals surface area (Å²) >= 11 is 0. The Hall–Kier alpha value is -3.68. The molecular weight excluding hydrogens is 393 g/mol. The predicted octanol–water partition coefficient (Wildman–Crippen LogP) is 3.05. The van der Waals surface area contributed by atoms with E-state index >= 15 is 0 Å². The highest BCUT2D eigenvalue weighted by molar-refractivity contribution is 6.14. The van der Waals surface area contributed by atoms with Crippen molar-refractivity contribution >= 4 is 23.7 Å². The summed E-state index contributed by atoms with van der Waals surface area (Å²) in [5.41, 5.74) is 0.949. The molecule has 0 aromatic heterocycles. The fourth-order valence-electron chi connectivity index (χ4n) is 2.84. The molecule has 2 aromatic carbocycles. The number of halogens is 1. The van der Waals surface area contributed by atoms with Gasteiger partial charge in [0, 0.05) is 6.07 Å². The Kier molecular flexibility index (Phi) is 6.15. The molecule has 0 bridgehead atoms. The van der Waals surface area contributed by atoms with Gasteiger partial charge in [-0.05, 0) is 41.8 Å². The van der Waals surface area contributed by atoms with E-state index in [0.29, 0.717) is 11.1 Å². The molecule has 0 saturated heterocycles. The molecule has 1 heterocycles. The number of fused-ring (bicyclic) bond motifs is 1. The van der Waals surface area contributed by atoms with Crippen molar-refractivity contribution in [3.8, 4) is 11.5 Å². The summed E-state index contributed by atoms with van der Waals surface area (Å²) in [6.07, 6.45) is 1.51. The topological polar surface area (TPSA) is 102 Å². The molecule has 3 rings (SSSR count). The molecular formula is C22H20FNO6. The number of ether oxygens (including phenoxy) is 2. The van der Waals surface area contributed by atoms with Gasteiger partial charge in [0.15, 0.2) is 12.4 Å². The molecule has 1 unspecified atom stereocenters. The van der Waals surface area contributed by atoms with Crippen molar-refractivity contribution in [2.45, 2.75) is 19.9 Å². The molecule has 1 aliphatic heterocycles. The van der Waals surface area contributed by atoms with Gasteiger partial charge in [0.05, 0.1) is 5.56 Å². The third-order valence-electron chi connectivity index (χ3n) is 4.43. The van der Waals surface area contributed by atoms with E-state index in [1.54, 1.807) is 13.8 Å². The number of hydrogen-bond donors (Lipinski definition) is 2. The van der Waals surface area contributed by atoms with Gasteiger partial charge in [-0.15, -0.1) is 0 Å². The fourth-order valence-corrected chi connectivity index (χ4v) is 2.84. The SMILES string of the molecule is CC(C)C(NC(=O)COc1ccc2c(c1)OC(=Cc1ccc(F)cc1)C2=O)C(=O)O. The number of benzene rings is 2. The number of Topliss-reactive ketones (excluding diaryl/α,β-unsaturated/α-hetero) is 1. The largest absolute Gasteiger partial charge is 0.484 e. The van der Waals surface area contributed by atoms with Crippen LogP contribution in [0.5, 0.6) is 11.5 Å². The summed E-state index contributed by atoms with van der Waals surface area (Å²) in [6.45, 7) is 2.99. The lowest BCUT2D eigenvalue weighted by atomic mass is 10.1. The quantitative estimate of drug-likeness (QED) is 0.677. The average Bonchev–Trinajstić information content (AvgIpc) is 3.00. The Labute approximate surface area is 172 Å². The standard InChI is InChI=1S/C22H20FNO6/c1-12(2)20(22(27)28)24-19(25)11-29-15-7-8-16-17(10-15)30-18(21(16)26)9-13-3-5-14(23)6-4-13/h3-10,12,20H,11H2,1-2H3,(H,24,25)(H,27,28). The molecule has 0 spiro atoms. The van der Waals surface area contributed by atoms with Gasteiger partial charge in [0.1, 0.15) is 23.4 Å². The fraction of sp³-hybridized carbons (Fsp3) is 0.227. The first-order valence-electron chi connectivity index (χ1n) is 9.23. The van der Waals surface area contributed by atoms with Crippen molar-refractivity contribution in [2.24, 2.45) is 5.92 Å². The zero-order valence-electron chi connectivity index (χ0n) is 16.3. The van der Waals surface area contributed by atoms with Crippen molar-refractivity contribution in [1.29, 1.82) is 0 Å². The predicted molar refractivity (Wildman–Crippen MR) is 106 cm³/mol. The highest BCUT2D eigenvalue weighted by Crippen LogP contribution is 2.34. The lowest BCUT2D eigenvalue weighted by Crippen LogP contribution is -2.46. The smallest absolute Gasteiger partial charge is 0.326 e. The van der Waals surface area contributed by atoms with Crippen LogP contribution in [0.2, 0.25) is 0 Å². The molecule has 8 heteroatoms. The molecule has 30 heavy (non-hydrogen) atoms. The first-order chi connectivity index (χ1) is 14.2. The van der Waals surface area contributed by atoms with Crippen molar-refractivity contribution in [1.82, 2.24) is 5.32 Å². The minimum atomic E-state index is -1.12. The zero-order valence-corrected chi connectivity index (χ0v) is 16.3. The van der Waals surface area contributed by atoms with E-state index in [1.807, 2.05) is 0 Å². The number of hydrogen-bond acceptors (Lipinski definition) is 5. The minimum absolute atomic E-state index is 0.0905. The van der Waals surface area contributed by atoms with Gasteiger partial charge in [0.2, 0.25) is 5.78 Å². The third kappa shape index (κ3) is 4.83. The summed E-state index contributed by atoms with van der Waals surface area (Å²) in [5.74, 6) is -2.03. The van der Waals surface area contributed by atoms with Crippen LogP contribution in [0.1, 0.15) is 29.8 Å². The molecule has 2 N–H and O–H groups in total. The number of carbonyl (C=O) groups excluding carboxylic acids is 2. The van der Waals surface area contributed by atoms with Crippen LogP contribution >= 0.6 is 0 Å². The molecule has 2 aromatic rings. The highest BCUT2D eigenvalue weighted by Gasteiger charge is 2.28. The Balaban J connectivity index is 1.65. The number of carboxylic acids is 1. The number of amides is 1. The second kappa shape index (κ2) is 8.77. The Morgan fingerprint density at radius 2 is 1.90 bits per heavy atom. The van der Waals surface area contributed by atoms with E-state index in [1.165, 1.54) is 48.5 Å². The number of nitrogens with one attached hydrogen (secondary N) is 1. The van der Waals surface area contributed by atoms with Gasteiger partial charge in [-0.2, -0.15) is 0 Å². The third-order valence-corrected chi connectivity index (χ3v) is 4.43. The second-order valence-electron chi connectivity index (χ2n) is 7.07. The molecule has 7 nitrogen and oxygen atoms in total. The second-order valence-corrected chi connectivity index (χ2v) is 7.07. The summed E-state index contributed by atoms with van der Waals surface area (Å²) < 4.78 is 24.0. The van der Waals surface area contributed by atoms with Gasteiger partial charge in [-0.3, -0.25) is 9.59 Å². The van der Waals surface area contributed by atoms with Crippen molar-refractivity contribution in [3.05, 3.63) is 65.2 Å². The van der Waals surface area contributed by atoms with E-state index in [4.69, 9.17) is 14.6 Å². The molecule has 1 atom stereocenters. The van der Waals surface area contributed by atoms with E-state index in [-0.39, 0.29) is 41.4 Å². The lowest BCUT2D eigenvalue weighted by molar-refractivity contribution is -0.143. The minimum Gasteiger partial charge on any atom is -0.484 e. The first kappa shape index (κ1) is 21.0. The van der Waals surface area contributed by atoms with Crippen molar-refractivity contribution in [3.63, 3.8) is 0 Å². The number of allylic oxidation sites excluding steroid dienone is 1. The van der Waals surface area contributed by atoms with Gasteiger partial charge in [-0.25, -0.2) is 9.18 Å². The summed E-state index contributed by atoms with van der Waals surface area (Å²) in [4.78, 5) is 35.6. The molecule has 1 amide bonds. The maximum Gasteiger partial charge on any atom is 0.326 e. The molecule has 0 fully saturated rings. The average molecular weight is 413 g/mol.